The van der Waals surface area contributed by atoms with Gasteiger partial charge in [0.05, 0.1) is 4.34 Å². The summed E-state index contributed by atoms with van der Waals surface area (Å²) in [4.78, 5) is 0.792. The van der Waals surface area contributed by atoms with Gasteiger partial charge in [-0.05, 0) is 29.8 Å². The molecule has 6 heteroatoms. The van der Waals surface area contributed by atoms with E-state index in [-0.39, 0.29) is 12.5 Å². The Hall–Kier alpha value is -0.840. The highest BCUT2D eigenvalue weighted by Gasteiger charge is 2.13. The number of ether oxygens (including phenoxy) is 1. The predicted molar refractivity (Wildman–Crippen MR) is 69.6 cm³/mol. The second-order valence-electron chi connectivity index (χ2n) is 3.52. The normalized spacial score (nSPS) is 10.7. The second-order valence-corrected chi connectivity index (χ2v) is 5.58. The van der Waals surface area contributed by atoms with Crippen molar-refractivity contribution in [3.8, 4) is 5.75 Å². The topological polar surface area (TPSA) is 9.23 Å². The molecule has 18 heavy (non-hydrogen) atoms. The number of alkyl halides is 1. The Kier molecular flexibility index (Phi) is 4.43. The average Bonchev–Trinajstić information content (AvgIpc) is 2.73. The van der Waals surface area contributed by atoms with Crippen LogP contribution in [0.25, 0.3) is 0 Å². The van der Waals surface area contributed by atoms with E-state index >= 15 is 0 Å². The minimum atomic E-state index is -0.756. The van der Waals surface area contributed by atoms with Crippen LogP contribution >= 0.6 is 34.5 Å². The van der Waals surface area contributed by atoms with Gasteiger partial charge >= 0.3 is 0 Å². The third-order valence-electron chi connectivity index (χ3n) is 2.20. The van der Waals surface area contributed by atoms with Gasteiger partial charge in [-0.3, -0.25) is 0 Å². The first-order valence-electron chi connectivity index (χ1n) is 5.01. The number of halogens is 4. The lowest BCUT2D eigenvalue weighted by Crippen LogP contribution is -1.99. The SMILES string of the molecule is Fc1cc(CCl)cc(F)c1OCc1ccc(Cl)s1. The molecule has 0 aliphatic heterocycles. The molecule has 0 spiro atoms. The molecule has 96 valence electrons. The first kappa shape index (κ1) is 13.6. The molecule has 0 saturated carbocycles. The molecule has 0 aliphatic carbocycles. The van der Waals surface area contributed by atoms with Crippen LogP contribution in [0.2, 0.25) is 4.34 Å². The maximum absolute atomic E-state index is 13.6. The van der Waals surface area contributed by atoms with E-state index < -0.39 is 17.4 Å². The maximum Gasteiger partial charge on any atom is 0.191 e. The standard InChI is InChI=1S/C12H8Cl2F2OS/c13-5-7-3-9(15)12(10(16)4-7)17-6-8-1-2-11(14)18-8/h1-4H,5-6H2. The Bertz CT molecular complexity index is 534. The van der Waals surface area contributed by atoms with E-state index in [2.05, 4.69) is 0 Å². The Labute approximate surface area is 117 Å². The lowest BCUT2D eigenvalue weighted by atomic mass is 10.2. The first-order valence-corrected chi connectivity index (χ1v) is 6.74. The van der Waals surface area contributed by atoms with Crippen molar-refractivity contribution in [2.45, 2.75) is 12.5 Å². The number of hydrogen-bond acceptors (Lipinski definition) is 2. The van der Waals surface area contributed by atoms with Crippen molar-refractivity contribution in [2.75, 3.05) is 0 Å². The van der Waals surface area contributed by atoms with Crippen LogP contribution in [0.4, 0.5) is 8.78 Å². The van der Waals surface area contributed by atoms with E-state index in [0.717, 1.165) is 17.0 Å². The zero-order valence-corrected chi connectivity index (χ0v) is 11.4. The largest absolute Gasteiger partial charge is 0.482 e. The third kappa shape index (κ3) is 3.13. The van der Waals surface area contributed by atoms with Crippen molar-refractivity contribution in [3.05, 3.63) is 50.7 Å². The summed E-state index contributed by atoms with van der Waals surface area (Å²) in [6.45, 7) is 0.0748. The molecule has 0 bridgehead atoms. The van der Waals surface area contributed by atoms with Crippen LogP contribution in [-0.4, -0.2) is 0 Å². The van der Waals surface area contributed by atoms with Gasteiger partial charge in [-0.1, -0.05) is 11.6 Å². The van der Waals surface area contributed by atoms with Crippen molar-refractivity contribution < 1.29 is 13.5 Å². The van der Waals surface area contributed by atoms with Crippen molar-refractivity contribution in [1.29, 1.82) is 0 Å². The monoisotopic (exact) mass is 308 g/mol. The summed E-state index contributed by atoms with van der Waals surface area (Å²) in [5.74, 6) is -1.86. The van der Waals surface area contributed by atoms with Gasteiger partial charge in [0.1, 0.15) is 6.61 Å². The van der Waals surface area contributed by atoms with Gasteiger partial charge in [-0.15, -0.1) is 22.9 Å². The van der Waals surface area contributed by atoms with Crippen molar-refractivity contribution in [2.24, 2.45) is 0 Å². The quantitative estimate of drug-likeness (QED) is 0.722. The van der Waals surface area contributed by atoms with Gasteiger partial charge < -0.3 is 4.74 Å². The molecule has 0 atom stereocenters. The van der Waals surface area contributed by atoms with Crippen molar-refractivity contribution in [3.63, 3.8) is 0 Å². The Balaban J connectivity index is 2.14. The van der Waals surface area contributed by atoms with E-state index in [4.69, 9.17) is 27.9 Å². The number of thiophene rings is 1. The lowest BCUT2D eigenvalue weighted by molar-refractivity contribution is 0.277. The molecule has 2 rings (SSSR count). The number of benzene rings is 1. The molecule has 0 N–H and O–H groups in total. The molecule has 0 saturated heterocycles. The van der Waals surface area contributed by atoms with Crippen LogP contribution in [0, 0.1) is 11.6 Å². The Morgan fingerprint density at radius 2 is 1.83 bits per heavy atom. The van der Waals surface area contributed by atoms with E-state index in [1.54, 1.807) is 12.1 Å². The van der Waals surface area contributed by atoms with Crippen LogP contribution in [0.5, 0.6) is 5.75 Å². The molecule has 0 fully saturated rings. The van der Waals surface area contributed by atoms with Gasteiger partial charge in [0.25, 0.3) is 0 Å². The second kappa shape index (κ2) is 5.87. The molecular formula is C12H8Cl2F2OS. The molecule has 2 aromatic rings. The van der Waals surface area contributed by atoms with Crippen LogP contribution in [0.15, 0.2) is 24.3 Å². The summed E-state index contributed by atoms with van der Waals surface area (Å²) in [5, 5.41) is 0. The predicted octanol–water partition coefficient (Wildman–Crippen LogP) is 5.00. The number of hydrogen-bond donors (Lipinski definition) is 0. The minimum Gasteiger partial charge on any atom is -0.482 e. The zero-order valence-electron chi connectivity index (χ0n) is 9.05. The van der Waals surface area contributed by atoms with Gasteiger partial charge in [-0.25, -0.2) is 8.78 Å². The summed E-state index contributed by atoms with van der Waals surface area (Å²) < 4.78 is 32.8. The third-order valence-corrected chi connectivity index (χ3v) is 3.71. The Morgan fingerprint density at radius 3 is 2.33 bits per heavy atom. The molecule has 0 aliphatic rings. The van der Waals surface area contributed by atoms with Gasteiger partial charge in [0, 0.05) is 10.8 Å². The van der Waals surface area contributed by atoms with E-state index in [9.17, 15) is 8.78 Å². The fraction of sp³-hybridized carbons (Fsp3) is 0.167. The molecule has 0 unspecified atom stereocenters. The first-order chi connectivity index (χ1) is 8.60. The number of rotatable bonds is 4. The van der Waals surface area contributed by atoms with E-state index in [1.165, 1.54) is 11.3 Å². The molecule has 1 aromatic carbocycles. The van der Waals surface area contributed by atoms with E-state index in [1.807, 2.05) is 0 Å². The lowest BCUT2D eigenvalue weighted by Gasteiger charge is -2.08. The summed E-state index contributed by atoms with van der Waals surface area (Å²) in [6.07, 6.45) is 0. The fourth-order valence-electron chi connectivity index (χ4n) is 1.40. The van der Waals surface area contributed by atoms with Crippen molar-refractivity contribution in [1.82, 2.24) is 0 Å². The summed E-state index contributed by atoms with van der Waals surface area (Å²) in [6, 6.07) is 5.77. The molecule has 1 heterocycles. The summed E-state index contributed by atoms with van der Waals surface area (Å²) >= 11 is 12.6. The highest BCUT2D eigenvalue weighted by atomic mass is 35.5. The highest BCUT2D eigenvalue weighted by molar-refractivity contribution is 7.16. The molecular weight excluding hydrogens is 301 g/mol. The van der Waals surface area contributed by atoms with Gasteiger partial charge in [0.15, 0.2) is 17.4 Å². The molecule has 1 nitrogen and oxygen atoms in total. The van der Waals surface area contributed by atoms with Gasteiger partial charge in [0.2, 0.25) is 0 Å². The molecule has 1 aromatic heterocycles. The minimum absolute atomic E-state index is 0.0503. The van der Waals surface area contributed by atoms with Crippen molar-refractivity contribution >= 4 is 34.5 Å². The zero-order chi connectivity index (χ0) is 13.1. The fourth-order valence-corrected chi connectivity index (χ4v) is 2.56. The highest BCUT2D eigenvalue weighted by Crippen LogP contribution is 2.27. The van der Waals surface area contributed by atoms with Crippen LogP contribution in [-0.2, 0) is 12.5 Å². The molecule has 0 amide bonds. The van der Waals surface area contributed by atoms with Crippen LogP contribution < -0.4 is 4.74 Å². The maximum atomic E-state index is 13.6. The Morgan fingerprint density at radius 1 is 1.17 bits per heavy atom. The van der Waals surface area contributed by atoms with Gasteiger partial charge in [-0.2, -0.15) is 0 Å². The van der Waals surface area contributed by atoms with E-state index in [0.29, 0.717) is 9.90 Å². The smallest absolute Gasteiger partial charge is 0.191 e. The van der Waals surface area contributed by atoms with Crippen LogP contribution in [0.1, 0.15) is 10.4 Å². The average molecular weight is 309 g/mol. The summed E-state index contributed by atoms with van der Waals surface area (Å²) in [5.41, 5.74) is 0.373. The summed E-state index contributed by atoms with van der Waals surface area (Å²) in [7, 11) is 0. The van der Waals surface area contributed by atoms with Crippen LogP contribution in [0.3, 0.4) is 0 Å². The molecule has 0 radical (unpaired) electrons.